The molecule has 1 aliphatic rings. The zero-order chi connectivity index (χ0) is 21.8. The van der Waals surface area contributed by atoms with E-state index < -0.39 is 11.6 Å². The van der Waals surface area contributed by atoms with Gasteiger partial charge in [0.2, 0.25) is 5.88 Å². The molecule has 0 aliphatic carbocycles. The molecule has 1 N–H and O–H groups in total. The summed E-state index contributed by atoms with van der Waals surface area (Å²) in [5, 5.41) is 11.9. The molecule has 0 spiro atoms. The Labute approximate surface area is 171 Å². The largest absolute Gasteiger partial charge is 0.439 e. The van der Waals surface area contributed by atoms with Crippen molar-refractivity contribution in [2.24, 2.45) is 4.99 Å². The zero-order valence-electron chi connectivity index (χ0n) is 17.4. The minimum absolute atomic E-state index is 0.159. The molecule has 1 aromatic rings. The predicted octanol–water partition coefficient (Wildman–Crippen LogP) is 4.23. The highest BCUT2D eigenvalue weighted by Gasteiger charge is 2.47. The smallest absolute Gasteiger partial charge is 0.329 e. The van der Waals surface area contributed by atoms with Gasteiger partial charge in [0.05, 0.1) is 11.6 Å². The van der Waals surface area contributed by atoms with Crippen molar-refractivity contribution in [3.63, 3.8) is 0 Å². The van der Waals surface area contributed by atoms with Crippen molar-refractivity contribution >= 4 is 18.7 Å². The number of hydrogen-bond acceptors (Lipinski definition) is 5. The number of aliphatic imine (C=N–C) groups is 1. The Bertz CT molecular complexity index is 940. The number of hydrogen-bond donors (Lipinski definition) is 1. The number of nitriles is 1. The van der Waals surface area contributed by atoms with Gasteiger partial charge in [-0.3, -0.25) is 4.79 Å². The van der Waals surface area contributed by atoms with E-state index in [0.29, 0.717) is 23.4 Å². The van der Waals surface area contributed by atoms with Crippen LogP contribution in [-0.2, 0) is 4.79 Å². The van der Waals surface area contributed by atoms with Crippen molar-refractivity contribution in [1.29, 1.82) is 5.26 Å². The van der Waals surface area contributed by atoms with E-state index in [4.69, 9.17) is 4.74 Å². The number of imide groups is 1. The summed E-state index contributed by atoms with van der Waals surface area (Å²) >= 11 is 0. The van der Waals surface area contributed by atoms with E-state index in [0.717, 1.165) is 10.5 Å². The van der Waals surface area contributed by atoms with Crippen molar-refractivity contribution in [3.8, 4) is 11.8 Å². The van der Waals surface area contributed by atoms with Gasteiger partial charge in [-0.1, -0.05) is 20.8 Å². The molecule has 29 heavy (non-hydrogen) atoms. The van der Waals surface area contributed by atoms with Crippen molar-refractivity contribution in [3.05, 3.63) is 53.1 Å². The van der Waals surface area contributed by atoms with Crippen LogP contribution in [0.4, 0.5) is 4.79 Å². The monoisotopic (exact) mass is 394 g/mol. The highest BCUT2D eigenvalue weighted by Crippen LogP contribution is 2.26. The van der Waals surface area contributed by atoms with E-state index in [2.05, 4.69) is 23.1 Å². The molecule has 1 heterocycles. The zero-order valence-corrected chi connectivity index (χ0v) is 17.4. The molecule has 1 aliphatic heterocycles. The van der Waals surface area contributed by atoms with Gasteiger partial charge in [-0.25, -0.2) is 14.7 Å². The summed E-state index contributed by atoms with van der Waals surface area (Å²) < 4.78 is 5.76. The molecule has 1 atom stereocenters. The van der Waals surface area contributed by atoms with Crippen LogP contribution in [0.1, 0.15) is 58.1 Å². The van der Waals surface area contributed by atoms with Crippen molar-refractivity contribution in [2.75, 3.05) is 0 Å². The van der Waals surface area contributed by atoms with Gasteiger partial charge in [0.25, 0.3) is 5.91 Å². The van der Waals surface area contributed by atoms with Crippen LogP contribution < -0.4 is 10.1 Å². The SMILES string of the molecule is C=N/C(=C\C=C(/C)N1C(=O)N[C@](C)(CC)C1=O)Oc1ccc(C#N)c(C(C)C)c1. The second-order valence-corrected chi connectivity index (χ2v) is 7.35. The third-order valence-electron chi connectivity index (χ3n) is 4.93. The first kappa shape index (κ1) is 21.9. The van der Waals surface area contributed by atoms with Gasteiger partial charge in [0, 0.05) is 11.8 Å². The Morgan fingerprint density at radius 2 is 2.10 bits per heavy atom. The van der Waals surface area contributed by atoms with Gasteiger partial charge in [-0.05, 0) is 62.7 Å². The second-order valence-electron chi connectivity index (χ2n) is 7.35. The summed E-state index contributed by atoms with van der Waals surface area (Å²) in [4.78, 5) is 29.7. The number of allylic oxidation sites excluding steroid dienone is 3. The molecule has 1 aromatic carbocycles. The van der Waals surface area contributed by atoms with E-state index in [1.165, 1.54) is 6.08 Å². The molecule has 1 saturated heterocycles. The number of nitrogens with one attached hydrogen (secondary N) is 1. The first-order valence-electron chi connectivity index (χ1n) is 9.40. The summed E-state index contributed by atoms with van der Waals surface area (Å²) in [6, 6.07) is 6.90. The highest BCUT2D eigenvalue weighted by atomic mass is 16.5. The van der Waals surface area contributed by atoms with E-state index in [-0.39, 0.29) is 17.7 Å². The fourth-order valence-corrected chi connectivity index (χ4v) is 2.93. The third-order valence-corrected chi connectivity index (χ3v) is 4.93. The fourth-order valence-electron chi connectivity index (χ4n) is 2.93. The molecular weight excluding hydrogens is 368 g/mol. The topological polar surface area (TPSA) is 94.8 Å². The summed E-state index contributed by atoms with van der Waals surface area (Å²) in [6.45, 7) is 12.7. The van der Waals surface area contributed by atoms with Gasteiger partial charge in [-0.15, -0.1) is 0 Å². The maximum atomic E-state index is 12.6. The third kappa shape index (κ3) is 4.54. The lowest BCUT2D eigenvalue weighted by Gasteiger charge is -2.19. The van der Waals surface area contributed by atoms with Gasteiger partial charge in [0.15, 0.2) is 0 Å². The number of nitrogens with zero attached hydrogens (tertiary/aromatic N) is 3. The fraction of sp³-hybridized carbons (Fsp3) is 0.364. The van der Waals surface area contributed by atoms with Crippen LogP contribution in [0.3, 0.4) is 0 Å². The molecule has 0 bridgehead atoms. The van der Waals surface area contributed by atoms with Gasteiger partial charge >= 0.3 is 6.03 Å². The lowest BCUT2D eigenvalue weighted by atomic mass is 9.98. The van der Waals surface area contributed by atoms with Crippen molar-refractivity contribution < 1.29 is 14.3 Å². The summed E-state index contributed by atoms with van der Waals surface area (Å²) in [5.74, 6) is 0.585. The quantitative estimate of drug-likeness (QED) is 0.324. The molecule has 152 valence electrons. The first-order valence-corrected chi connectivity index (χ1v) is 9.40. The van der Waals surface area contributed by atoms with Crippen LogP contribution in [0.2, 0.25) is 0 Å². The lowest BCUT2D eigenvalue weighted by Crippen LogP contribution is -2.42. The van der Waals surface area contributed by atoms with E-state index in [9.17, 15) is 14.9 Å². The number of ether oxygens (including phenoxy) is 1. The Hall–Kier alpha value is -3.40. The van der Waals surface area contributed by atoms with Crippen LogP contribution in [0.15, 0.2) is 46.9 Å². The maximum Gasteiger partial charge on any atom is 0.329 e. The van der Waals surface area contributed by atoms with Crippen molar-refractivity contribution in [1.82, 2.24) is 10.2 Å². The predicted molar refractivity (Wildman–Crippen MR) is 111 cm³/mol. The van der Waals surface area contributed by atoms with E-state index in [1.54, 1.807) is 38.1 Å². The van der Waals surface area contributed by atoms with Crippen LogP contribution in [0.25, 0.3) is 0 Å². The Balaban J connectivity index is 2.26. The Morgan fingerprint density at radius 1 is 1.41 bits per heavy atom. The minimum Gasteiger partial charge on any atom is -0.439 e. The number of amides is 3. The number of rotatable bonds is 7. The van der Waals surface area contributed by atoms with Crippen LogP contribution in [-0.4, -0.2) is 29.1 Å². The number of urea groups is 1. The summed E-state index contributed by atoms with van der Waals surface area (Å²) in [6.07, 6.45) is 3.62. The summed E-state index contributed by atoms with van der Waals surface area (Å²) in [5.41, 5.74) is 1.01. The molecular formula is C22H26N4O3. The molecule has 7 nitrogen and oxygen atoms in total. The molecule has 0 saturated carbocycles. The van der Waals surface area contributed by atoms with Gasteiger partial charge < -0.3 is 10.1 Å². The van der Waals surface area contributed by atoms with E-state index in [1.807, 2.05) is 20.8 Å². The normalized spacial score (nSPS) is 20.0. The number of carbonyl (C=O) groups excluding carboxylic acids is 2. The number of benzene rings is 1. The maximum absolute atomic E-state index is 12.6. The molecule has 2 rings (SSSR count). The standard InChI is InChI=1S/C22H26N4O3/c1-7-22(5)20(27)26(21(28)25-22)15(4)8-11-19(24-6)29-17-10-9-16(13-23)18(12-17)14(2)3/h8-12,14H,6-7H2,1-5H3,(H,25,28)/b15-8+,19-11+/t22-/m1/s1. The van der Waals surface area contributed by atoms with Crippen LogP contribution in [0, 0.1) is 11.3 Å². The first-order chi connectivity index (χ1) is 13.7. The lowest BCUT2D eigenvalue weighted by molar-refractivity contribution is -0.129. The average molecular weight is 394 g/mol. The Morgan fingerprint density at radius 3 is 2.62 bits per heavy atom. The van der Waals surface area contributed by atoms with E-state index >= 15 is 0 Å². The molecule has 1 fully saturated rings. The second kappa shape index (κ2) is 8.74. The molecule has 0 unspecified atom stereocenters. The molecule has 0 aromatic heterocycles. The Kier molecular flexibility index (Phi) is 6.60. The van der Waals surface area contributed by atoms with Crippen molar-refractivity contribution in [2.45, 2.75) is 52.5 Å². The summed E-state index contributed by atoms with van der Waals surface area (Å²) in [7, 11) is 0. The molecule has 0 radical (unpaired) electrons. The molecule has 7 heteroatoms. The minimum atomic E-state index is -0.901. The molecule has 3 amide bonds. The van der Waals surface area contributed by atoms with Gasteiger partial charge in [-0.2, -0.15) is 5.26 Å². The van der Waals surface area contributed by atoms with Gasteiger partial charge in [0.1, 0.15) is 11.3 Å². The average Bonchev–Trinajstić information content (AvgIpc) is 2.93. The van der Waals surface area contributed by atoms with Crippen LogP contribution >= 0.6 is 0 Å². The number of carbonyl (C=O) groups is 2. The van der Waals surface area contributed by atoms with Crippen LogP contribution in [0.5, 0.6) is 5.75 Å². The highest BCUT2D eigenvalue weighted by molar-refractivity contribution is 6.08.